The number of hydrogen-bond donors (Lipinski definition) is 2. The highest BCUT2D eigenvalue weighted by Gasteiger charge is 2.36. The number of hydrogen-bond acceptors (Lipinski definition) is 6. The lowest BCUT2D eigenvalue weighted by atomic mass is 9.94. The maximum atomic E-state index is 13.5. The Kier molecular flexibility index (Phi) is 5.50. The van der Waals surface area contributed by atoms with E-state index in [2.05, 4.69) is 0 Å². The van der Waals surface area contributed by atoms with Crippen molar-refractivity contribution >= 4 is 17.7 Å². The lowest BCUT2D eigenvalue weighted by Gasteiger charge is -2.16. The fraction of sp³-hybridized carbons (Fsp3) is 0. The van der Waals surface area contributed by atoms with Gasteiger partial charge in [-0.2, -0.15) is 0 Å². The molecule has 0 aromatic heterocycles. The summed E-state index contributed by atoms with van der Waals surface area (Å²) in [5.74, 6) is 0.0209. The molecular weight excluding hydrogens is 448 g/mol. The molecule has 6 nitrogen and oxygen atoms in total. The minimum absolute atomic E-state index is 0.0165. The Hall–Kier alpha value is -3.62. The quantitative estimate of drug-likeness (QED) is 0.416. The molecule has 0 aliphatic rings. The van der Waals surface area contributed by atoms with E-state index in [1.807, 2.05) is 0 Å². The van der Waals surface area contributed by atoms with E-state index in [0.717, 1.165) is 0 Å². The summed E-state index contributed by atoms with van der Waals surface area (Å²) in [4.78, 5) is -0.704. The molecule has 4 aromatic rings. The Morgan fingerprint density at radius 2 is 1.03 bits per heavy atom. The normalized spacial score (nSPS) is 11.9. The molecule has 32 heavy (non-hydrogen) atoms. The molecule has 0 atom stereocenters. The summed E-state index contributed by atoms with van der Waals surface area (Å²) in [5.41, 5.74) is 1.63. The van der Waals surface area contributed by atoms with Crippen molar-refractivity contribution in [3.05, 3.63) is 97.1 Å². The Morgan fingerprint density at radius 3 is 1.59 bits per heavy atom. The number of rotatable bonds is 5. The fourth-order valence-corrected chi connectivity index (χ4v) is 7.30. The van der Waals surface area contributed by atoms with Gasteiger partial charge in [-0.15, -0.1) is 0 Å². The van der Waals surface area contributed by atoms with E-state index < -0.39 is 17.7 Å². The van der Waals surface area contributed by atoms with Gasteiger partial charge in [0.1, 0.15) is 11.5 Å². The van der Waals surface area contributed by atoms with Crippen LogP contribution < -0.4 is 0 Å². The van der Waals surface area contributed by atoms with E-state index in [-0.39, 0.29) is 26.9 Å². The first-order valence-electron chi connectivity index (χ1n) is 9.49. The van der Waals surface area contributed by atoms with Crippen molar-refractivity contribution in [1.82, 2.24) is 0 Å². The van der Waals surface area contributed by atoms with Crippen LogP contribution in [0.25, 0.3) is 22.3 Å². The molecule has 0 aliphatic carbocycles. The smallest absolute Gasteiger partial charge is 0.287 e. The summed E-state index contributed by atoms with van der Waals surface area (Å²) in [6.07, 6.45) is 0. The predicted molar refractivity (Wildman–Crippen MR) is 121 cm³/mol. The van der Waals surface area contributed by atoms with Crippen LogP contribution in [-0.2, 0) is 17.7 Å². The zero-order valence-corrected chi connectivity index (χ0v) is 18.2. The molecule has 0 radical (unpaired) electrons. The second kappa shape index (κ2) is 8.14. The summed E-state index contributed by atoms with van der Waals surface area (Å²) >= 11 is 0. The van der Waals surface area contributed by atoms with Crippen LogP contribution in [-0.4, -0.2) is 27.0 Å². The van der Waals surface area contributed by atoms with Crippen molar-refractivity contribution in [3.8, 4) is 33.8 Å². The molecule has 162 valence electrons. The Labute approximate surface area is 185 Å². The largest absolute Gasteiger partial charge is 0.508 e. The van der Waals surface area contributed by atoms with Crippen molar-refractivity contribution in [1.29, 1.82) is 0 Å². The first-order valence-corrected chi connectivity index (χ1v) is 13.0. The molecule has 0 amide bonds. The summed E-state index contributed by atoms with van der Waals surface area (Å²) < 4.78 is 53.2. The zero-order chi connectivity index (χ0) is 22.9. The fourth-order valence-electron chi connectivity index (χ4n) is 3.38. The highest BCUT2D eigenvalue weighted by Crippen LogP contribution is 2.40. The van der Waals surface area contributed by atoms with Crippen LogP contribution in [0.15, 0.2) is 107 Å². The van der Waals surface area contributed by atoms with E-state index in [4.69, 9.17) is 0 Å². The van der Waals surface area contributed by atoms with Crippen LogP contribution in [0.4, 0.5) is 0 Å². The van der Waals surface area contributed by atoms with Crippen LogP contribution >= 0.6 is 0 Å². The van der Waals surface area contributed by atoms with Gasteiger partial charge in [-0.1, -0.05) is 54.6 Å². The predicted octanol–water partition coefficient (Wildman–Crippen LogP) is 4.59. The van der Waals surface area contributed by atoms with E-state index in [1.54, 1.807) is 24.3 Å². The molecule has 0 unspecified atom stereocenters. The number of aromatic hydroxyl groups is 2. The van der Waals surface area contributed by atoms with Gasteiger partial charge in [0.2, 0.25) is 0 Å². The molecule has 2 N–H and O–H groups in total. The third-order valence-corrected chi connectivity index (χ3v) is 10.1. The molecule has 0 aliphatic heterocycles. The Morgan fingerprint density at radius 1 is 0.500 bits per heavy atom. The second-order valence-electron chi connectivity index (χ2n) is 6.99. The molecule has 4 rings (SSSR count). The molecule has 4 aromatic carbocycles. The monoisotopic (exact) mass is 466 g/mol. The van der Waals surface area contributed by atoms with Gasteiger partial charge in [0.05, 0.1) is 9.79 Å². The number of phenolic OH excluding ortho intramolecular Hbond substituents is 2. The second-order valence-corrected chi connectivity index (χ2v) is 12.4. The lowest BCUT2D eigenvalue weighted by Crippen LogP contribution is -2.17. The molecule has 8 heteroatoms. The Balaban J connectivity index is 2.04. The van der Waals surface area contributed by atoms with Gasteiger partial charge in [0.25, 0.3) is 17.7 Å². The zero-order valence-electron chi connectivity index (χ0n) is 16.6. The highest BCUT2D eigenvalue weighted by atomic mass is 33.2. The molecular formula is C24H18O6S2. The van der Waals surface area contributed by atoms with Crippen molar-refractivity contribution in [3.63, 3.8) is 0 Å². The van der Waals surface area contributed by atoms with Gasteiger partial charge in [-0.05, 0) is 59.2 Å². The average Bonchev–Trinajstić information content (AvgIpc) is 2.80. The number of phenols is 2. The van der Waals surface area contributed by atoms with Crippen LogP contribution in [0.3, 0.4) is 0 Å². The number of benzene rings is 4. The first-order chi connectivity index (χ1) is 15.2. The lowest BCUT2D eigenvalue weighted by molar-refractivity contribution is 0.475. The third kappa shape index (κ3) is 3.74. The van der Waals surface area contributed by atoms with Gasteiger partial charge >= 0.3 is 0 Å². The van der Waals surface area contributed by atoms with Crippen LogP contribution in [0.2, 0.25) is 0 Å². The first kappa shape index (κ1) is 21.6. The van der Waals surface area contributed by atoms with Gasteiger partial charge in [-0.25, -0.2) is 16.8 Å². The summed E-state index contributed by atoms with van der Waals surface area (Å²) in [7, 11) is -9.61. The van der Waals surface area contributed by atoms with Crippen LogP contribution in [0, 0.1) is 0 Å². The highest BCUT2D eigenvalue weighted by molar-refractivity contribution is 8.67. The summed E-state index contributed by atoms with van der Waals surface area (Å²) in [6, 6.07) is 23.3. The van der Waals surface area contributed by atoms with Crippen molar-refractivity contribution in [2.45, 2.75) is 9.79 Å². The summed E-state index contributed by atoms with van der Waals surface area (Å²) in [5, 5.41) is 19.3. The maximum absolute atomic E-state index is 13.5. The minimum atomic E-state index is -4.86. The molecule has 0 fully saturated rings. The minimum Gasteiger partial charge on any atom is -0.508 e. The van der Waals surface area contributed by atoms with Gasteiger partial charge in [0, 0.05) is 5.56 Å². The van der Waals surface area contributed by atoms with Crippen LogP contribution in [0.1, 0.15) is 0 Å². The summed E-state index contributed by atoms with van der Waals surface area (Å²) in [6.45, 7) is 0. The topological polar surface area (TPSA) is 109 Å². The molecule has 0 heterocycles. The standard InChI is InChI=1S/C24H18O6S2/c25-19-13-9-17(10-14-19)22-7-4-8-23(24(22)18-11-15-20(26)16-12-18)32(29,30)31(27,28)21-5-2-1-3-6-21/h1-16,25-26H. The van der Waals surface area contributed by atoms with Crippen molar-refractivity contribution in [2.75, 3.05) is 0 Å². The van der Waals surface area contributed by atoms with Crippen molar-refractivity contribution in [2.24, 2.45) is 0 Å². The van der Waals surface area contributed by atoms with Gasteiger partial charge in [0.15, 0.2) is 0 Å². The van der Waals surface area contributed by atoms with Gasteiger partial charge in [-0.3, -0.25) is 0 Å². The average molecular weight is 467 g/mol. The van der Waals surface area contributed by atoms with Crippen molar-refractivity contribution < 1.29 is 27.0 Å². The van der Waals surface area contributed by atoms with Gasteiger partial charge < -0.3 is 10.2 Å². The third-order valence-electron chi connectivity index (χ3n) is 4.95. The molecule has 0 bridgehead atoms. The maximum Gasteiger partial charge on any atom is 0.287 e. The SMILES string of the molecule is O=S(=O)(c1ccccc1)S(=O)(=O)c1cccc(-c2ccc(O)cc2)c1-c1ccc(O)cc1. The van der Waals surface area contributed by atoms with E-state index in [9.17, 15) is 27.0 Å². The van der Waals surface area contributed by atoms with E-state index >= 15 is 0 Å². The van der Waals surface area contributed by atoms with E-state index in [1.165, 1.54) is 72.8 Å². The Bertz CT molecular complexity index is 1470. The van der Waals surface area contributed by atoms with E-state index in [0.29, 0.717) is 16.7 Å². The molecule has 0 spiro atoms. The molecule has 0 saturated carbocycles. The van der Waals surface area contributed by atoms with Crippen LogP contribution in [0.5, 0.6) is 11.5 Å². The molecule has 0 saturated heterocycles.